The lowest BCUT2D eigenvalue weighted by Gasteiger charge is -2.37. The minimum atomic E-state index is -0.405. The number of hydrogen-bond acceptors (Lipinski definition) is 6. The van der Waals surface area contributed by atoms with Gasteiger partial charge in [-0.1, -0.05) is 0 Å². The van der Waals surface area contributed by atoms with Crippen molar-refractivity contribution < 1.29 is 19.4 Å². The SMILES string of the molecule is CCOC(=O)c1cc(N)ccc1N1CCOCC1CO. The first-order chi connectivity index (χ1) is 9.67. The molecule has 20 heavy (non-hydrogen) atoms. The van der Waals surface area contributed by atoms with Gasteiger partial charge in [0, 0.05) is 12.2 Å². The monoisotopic (exact) mass is 280 g/mol. The van der Waals surface area contributed by atoms with Crippen molar-refractivity contribution >= 4 is 17.3 Å². The van der Waals surface area contributed by atoms with E-state index in [9.17, 15) is 9.90 Å². The Morgan fingerprint density at radius 1 is 1.60 bits per heavy atom. The van der Waals surface area contributed by atoms with Gasteiger partial charge in [-0.25, -0.2) is 4.79 Å². The second kappa shape index (κ2) is 6.58. The molecule has 2 rings (SSSR count). The zero-order valence-electron chi connectivity index (χ0n) is 11.5. The van der Waals surface area contributed by atoms with Crippen molar-refractivity contribution in [2.24, 2.45) is 0 Å². The van der Waals surface area contributed by atoms with Gasteiger partial charge in [0.1, 0.15) is 0 Å². The lowest BCUT2D eigenvalue weighted by atomic mass is 10.1. The number of hydrogen-bond donors (Lipinski definition) is 2. The molecule has 0 aromatic heterocycles. The number of nitrogens with zero attached hydrogens (tertiary/aromatic N) is 1. The Morgan fingerprint density at radius 2 is 2.40 bits per heavy atom. The van der Waals surface area contributed by atoms with Gasteiger partial charge in [-0.15, -0.1) is 0 Å². The Morgan fingerprint density at radius 3 is 3.10 bits per heavy atom. The van der Waals surface area contributed by atoms with Gasteiger partial charge in [0.2, 0.25) is 0 Å². The zero-order chi connectivity index (χ0) is 14.5. The van der Waals surface area contributed by atoms with Crippen LogP contribution in [0.25, 0.3) is 0 Å². The van der Waals surface area contributed by atoms with E-state index in [1.807, 2.05) is 4.90 Å². The molecule has 0 amide bonds. The number of esters is 1. The predicted molar refractivity (Wildman–Crippen MR) is 75.8 cm³/mol. The summed E-state index contributed by atoms with van der Waals surface area (Å²) in [5.41, 5.74) is 7.41. The van der Waals surface area contributed by atoms with Crippen molar-refractivity contribution in [3.8, 4) is 0 Å². The highest BCUT2D eigenvalue weighted by Crippen LogP contribution is 2.27. The number of nitrogens with two attached hydrogens (primary N) is 1. The number of anilines is 2. The largest absolute Gasteiger partial charge is 0.462 e. The average Bonchev–Trinajstić information content (AvgIpc) is 2.47. The molecule has 1 aliphatic heterocycles. The molecule has 1 saturated heterocycles. The van der Waals surface area contributed by atoms with E-state index in [2.05, 4.69) is 0 Å². The van der Waals surface area contributed by atoms with Crippen LogP contribution in [-0.4, -0.2) is 50.1 Å². The average molecular weight is 280 g/mol. The van der Waals surface area contributed by atoms with Crippen LogP contribution in [0, 0.1) is 0 Å². The Kier molecular flexibility index (Phi) is 4.81. The number of morpholine rings is 1. The Bertz CT molecular complexity index is 478. The maximum absolute atomic E-state index is 12.1. The summed E-state index contributed by atoms with van der Waals surface area (Å²) < 4.78 is 10.4. The molecule has 6 heteroatoms. The van der Waals surface area contributed by atoms with Crippen LogP contribution in [-0.2, 0) is 9.47 Å². The smallest absolute Gasteiger partial charge is 0.340 e. The minimum absolute atomic E-state index is 0.0351. The van der Waals surface area contributed by atoms with Gasteiger partial charge in [0.25, 0.3) is 0 Å². The molecule has 1 aromatic carbocycles. The van der Waals surface area contributed by atoms with Crippen LogP contribution in [0.3, 0.4) is 0 Å². The van der Waals surface area contributed by atoms with Crippen molar-refractivity contribution in [2.45, 2.75) is 13.0 Å². The Labute approximate surface area is 118 Å². The van der Waals surface area contributed by atoms with Gasteiger partial charge in [-0.05, 0) is 25.1 Å². The number of benzene rings is 1. The number of carbonyl (C=O) groups is 1. The third kappa shape index (κ3) is 3.02. The van der Waals surface area contributed by atoms with Crippen molar-refractivity contribution in [1.82, 2.24) is 0 Å². The summed E-state index contributed by atoms with van der Waals surface area (Å²) in [4.78, 5) is 14.0. The van der Waals surface area contributed by atoms with Crippen LogP contribution in [0.5, 0.6) is 0 Å². The van der Waals surface area contributed by atoms with E-state index in [-0.39, 0.29) is 12.6 Å². The molecule has 0 radical (unpaired) electrons. The third-order valence-electron chi connectivity index (χ3n) is 3.26. The van der Waals surface area contributed by atoms with Crippen LogP contribution in [0.15, 0.2) is 18.2 Å². The molecule has 6 nitrogen and oxygen atoms in total. The summed E-state index contributed by atoms with van der Waals surface area (Å²) in [6, 6.07) is 4.97. The predicted octanol–water partition coefficient (Wildman–Crippen LogP) is 0.643. The summed E-state index contributed by atoms with van der Waals surface area (Å²) in [6.45, 7) is 3.63. The lowest BCUT2D eigenvalue weighted by molar-refractivity contribution is 0.0522. The molecule has 0 spiro atoms. The quantitative estimate of drug-likeness (QED) is 0.622. The van der Waals surface area contributed by atoms with Gasteiger partial charge in [-0.3, -0.25) is 0 Å². The third-order valence-corrected chi connectivity index (χ3v) is 3.26. The Balaban J connectivity index is 2.36. The van der Waals surface area contributed by atoms with Crippen molar-refractivity contribution in [3.63, 3.8) is 0 Å². The Hall–Kier alpha value is -1.79. The summed E-state index contributed by atoms with van der Waals surface area (Å²) >= 11 is 0. The second-order valence-electron chi connectivity index (χ2n) is 4.60. The maximum atomic E-state index is 12.1. The summed E-state index contributed by atoms with van der Waals surface area (Å²) in [5, 5.41) is 9.45. The van der Waals surface area contributed by atoms with E-state index in [1.165, 1.54) is 0 Å². The molecule has 1 fully saturated rings. The molecule has 1 aliphatic rings. The van der Waals surface area contributed by atoms with Crippen molar-refractivity contribution in [1.29, 1.82) is 0 Å². The fourth-order valence-electron chi connectivity index (χ4n) is 2.30. The van der Waals surface area contributed by atoms with Gasteiger partial charge in [0.15, 0.2) is 0 Å². The first-order valence-corrected chi connectivity index (χ1v) is 6.69. The lowest BCUT2D eigenvalue weighted by Crippen LogP contribution is -2.48. The maximum Gasteiger partial charge on any atom is 0.340 e. The van der Waals surface area contributed by atoms with Crippen LogP contribution in [0.4, 0.5) is 11.4 Å². The molecule has 0 aliphatic carbocycles. The summed E-state index contributed by atoms with van der Waals surface area (Å²) in [7, 11) is 0. The molecule has 3 N–H and O–H groups in total. The molecular weight excluding hydrogens is 260 g/mol. The van der Waals surface area contributed by atoms with E-state index in [1.54, 1.807) is 25.1 Å². The molecule has 1 unspecified atom stereocenters. The van der Waals surface area contributed by atoms with E-state index >= 15 is 0 Å². The number of nitrogen functional groups attached to an aromatic ring is 1. The van der Waals surface area contributed by atoms with Crippen molar-refractivity contribution in [3.05, 3.63) is 23.8 Å². The highest BCUT2D eigenvalue weighted by atomic mass is 16.5. The standard InChI is InChI=1S/C14H20N2O4/c1-2-20-14(18)12-7-10(15)3-4-13(12)16-5-6-19-9-11(16)8-17/h3-4,7,11,17H,2,5-6,8-9,15H2,1H3. The van der Waals surface area contributed by atoms with Crippen LogP contribution >= 0.6 is 0 Å². The van der Waals surface area contributed by atoms with Gasteiger partial charge < -0.3 is 25.2 Å². The molecule has 1 atom stereocenters. The first-order valence-electron chi connectivity index (χ1n) is 6.69. The minimum Gasteiger partial charge on any atom is -0.462 e. The van der Waals surface area contributed by atoms with Crippen LogP contribution in [0.2, 0.25) is 0 Å². The van der Waals surface area contributed by atoms with Gasteiger partial charge in [-0.2, -0.15) is 0 Å². The topological polar surface area (TPSA) is 85.0 Å². The number of carbonyl (C=O) groups excluding carboxylic acids is 1. The number of ether oxygens (including phenoxy) is 2. The first kappa shape index (κ1) is 14.6. The van der Waals surface area contributed by atoms with Gasteiger partial charge in [0.05, 0.1) is 43.7 Å². The number of rotatable bonds is 4. The number of aliphatic hydroxyl groups excluding tert-OH is 1. The van der Waals surface area contributed by atoms with Crippen LogP contribution < -0.4 is 10.6 Å². The van der Waals surface area contributed by atoms with E-state index in [0.29, 0.717) is 37.6 Å². The fraction of sp³-hybridized carbons (Fsp3) is 0.500. The normalized spacial score (nSPS) is 18.9. The number of aliphatic hydroxyl groups is 1. The molecular formula is C14H20N2O4. The molecule has 1 aromatic rings. The van der Waals surface area contributed by atoms with Crippen LogP contribution in [0.1, 0.15) is 17.3 Å². The van der Waals surface area contributed by atoms with Gasteiger partial charge >= 0.3 is 5.97 Å². The molecule has 0 bridgehead atoms. The van der Waals surface area contributed by atoms with E-state index in [0.717, 1.165) is 5.69 Å². The highest BCUT2D eigenvalue weighted by molar-refractivity contribution is 5.97. The molecule has 110 valence electrons. The highest BCUT2D eigenvalue weighted by Gasteiger charge is 2.26. The van der Waals surface area contributed by atoms with E-state index < -0.39 is 5.97 Å². The van der Waals surface area contributed by atoms with Crippen molar-refractivity contribution in [2.75, 3.05) is 43.6 Å². The molecule has 1 heterocycles. The summed E-state index contributed by atoms with van der Waals surface area (Å²) in [5.74, 6) is -0.405. The zero-order valence-corrected chi connectivity index (χ0v) is 11.5. The second-order valence-corrected chi connectivity index (χ2v) is 4.60. The molecule has 0 saturated carbocycles. The summed E-state index contributed by atoms with van der Waals surface area (Å²) in [6.07, 6.45) is 0. The fourth-order valence-corrected chi connectivity index (χ4v) is 2.30. The van der Waals surface area contributed by atoms with E-state index in [4.69, 9.17) is 15.2 Å².